The summed E-state index contributed by atoms with van der Waals surface area (Å²) in [6.45, 7) is 1.23. The van der Waals surface area contributed by atoms with Gasteiger partial charge in [0.15, 0.2) is 11.6 Å². The maximum absolute atomic E-state index is 13.0. The van der Waals surface area contributed by atoms with E-state index in [4.69, 9.17) is 13.9 Å². The Morgan fingerprint density at radius 3 is 1.89 bits per heavy atom. The maximum Gasteiger partial charge on any atom is 0.347 e. The van der Waals surface area contributed by atoms with E-state index >= 15 is 0 Å². The average Bonchev–Trinajstić information content (AvgIpc) is 2.72. The molecule has 3 aromatic rings. The average molecular weight is 378 g/mol. The Balaban J connectivity index is 2.13. The van der Waals surface area contributed by atoms with Gasteiger partial charge in [-0.05, 0) is 61.5 Å². The molecule has 3 rings (SSSR count). The van der Waals surface area contributed by atoms with Gasteiger partial charge >= 0.3 is 5.63 Å². The number of carbonyl (C=O) groups excluding carboxylic acids is 2. The van der Waals surface area contributed by atoms with Crippen LogP contribution in [0.25, 0.3) is 11.3 Å². The fourth-order valence-electron chi connectivity index (χ4n) is 2.80. The lowest BCUT2D eigenvalue weighted by atomic mass is 9.96. The zero-order valence-electron chi connectivity index (χ0n) is 15.6. The lowest BCUT2D eigenvalue weighted by Gasteiger charge is -2.09. The summed E-state index contributed by atoms with van der Waals surface area (Å²) in [5.74, 6) is 0.438. The van der Waals surface area contributed by atoms with Gasteiger partial charge in [-0.1, -0.05) is 0 Å². The van der Waals surface area contributed by atoms with Crippen molar-refractivity contribution >= 4 is 11.6 Å². The molecule has 6 heteroatoms. The van der Waals surface area contributed by atoms with Crippen molar-refractivity contribution in [2.45, 2.75) is 6.92 Å². The van der Waals surface area contributed by atoms with E-state index in [1.165, 1.54) is 20.1 Å². The number of Topliss-reactive ketones (excluding diaryl/α,β-unsaturated/α-hetero) is 1. The van der Waals surface area contributed by atoms with E-state index in [-0.39, 0.29) is 16.9 Å². The van der Waals surface area contributed by atoms with Crippen molar-refractivity contribution in [3.63, 3.8) is 0 Å². The van der Waals surface area contributed by atoms with Crippen LogP contribution >= 0.6 is 0 Å². The van der Waals surface area contributed by atoms with Gasteiger partial charge in [-0.15, -0.1) is 0 Å². The molecule has 0 fully saturated rings. The molecule has 0 aliphatic heterocycles. The predicted molar refractivity (Wildman–Crippen MR) is 103 cm³/mol. The molecule has 2 aromatic carbocycles. The van der Waals surface area contributed by atoms with E-state index in [0.29, 0.717) is 22.6 Å². The van der Waals surface area contributed by atoms with Gasteiger partial charge in [-0.3, -0.25) is 9.59 Å². The first-order valence-electron chi connectivity index (χ1n) is 8.47. The summed E-state index contributed by atoms with van der Waals surface area (Å²) in [6.07, 6.45) is 0. The first-order valence-corrected chi connectivity index (χ1v) is 8.47. The highest BCUT2D eigenvalue weighted by Crippen LogP contribution is 2.25. The zero-order chi connectivity index (χ0) is 20.3. The summed E-state index contributed by atoms with van der Waals surface area (Å²) in [7, 11) is 3.07. The Hall–Kier alpha value is -3.67. The molecule has 0 radical (unpaired) electrons. The molecule has 0 bridgehead atoms. The molecule has 0 aliphatic carbocycles. The van der Waals surface area contributed by atoms with Crippen molar-refractivity contribution in [2.75, 3.05) is 14.2 Å². The van der Waals surface area contributed by atoms with Crippen molar-refractivity contribution < 1.29 is 23.5 Å². The van der Waals surface area contributed by atoms with Crippen molar-refractivity contribution in [2.24, 2.45) is 0 Å². The Morgan fingerprint density at radius 2 is 1.39 bits per heavy atom. The van der Waals surface area contributed by atoms with Gasteiger partial charge in [-0.2, -0.15) is 0 Å². The van der Waals surface area contributed by atoms with E-state index in [2.05, 4.69) is 0 Å². The van der Waals surface area contributed by atoms with Crippen LogP contribution in [0.1, 0.15) is 33.2 Å². The zero-order valence-corrected chi connectivity index (χ0v) is 15.6. The van der Waals surface area contributed by atoms with Gasteiger partial charge in [0.25, 0.3) is 0 Å². The molecule has 0 atom stereocenters. The van der Waals surface area contributed by atoms with E-state index in [0.717, 1.165) is 0 Å². The number of rotatable bonds is 6. The molecule has 0 saturated heterocycles. The monoisotopic (exact) mass is 378 g/mol. The van der Waals surface area contributed by atoms with Crippen LogP contribution < -0.4 is 15.1 Å². The molecule has 0 spiro atoms. The third-order valence-electron chi connectivity index (χ3n) is 4.27. The Labute approximate surface area is 161 Å². The molecule has 1 heterocycles. The van der Waals surface area contributed by atoms with Crippen LogP contribution in [-0.4, -0.2) is 25.8 Å². The van der Waals surface area contributed by atoms with Crippen molar-refractivity contribution in [3.8, 4) is 22.8 Å². The second-order valence-corrected chi connectivity index (χ2v) is 6.03. The SMILES string of the molecule is COc1ccc(C(=O)c2cc(-c3ccc(OC)cc3)oc(=O)c2C(C)=O)cc1. The van der Waals surface area contributed by atoms with Gasteiger partial charge in [-0.25, -0.2) is 4.79 Å². The first-order chi connectivity index (χ1) is 13.4. The third-order valence-corrected chi connectivity index (χ3v) is 4.27. The lowest BCUT2D eigenvalue weighted by molar-refractivity contribution is 0.0986. The Kier molecular flexibility index (Phi) is 5.40. The van der Waals surface area contributed by atoms with Gasteiger partial charge in [0.1, 0.15) is 22.8 Å². The minimum Gasteiger partial charge on any atom is -0.497 e. The second-order valence-electron chi connectivity index (χ2n) is 6.03. The Morgan fingerprint density at radius 1 is 0.857 bits per heavy atom. The summed E-state index contributed by atoms with van der Waals surface area (Å²) in [5.41, 5.74) is -0.207. The van der Waals surface area contributed by atoms with Crippen LogP contribution in [0.4, 0.5) is 0 Å². The Bertz CT molecular complexity index is 1080. The lowest BCUT2D eigenvalue weighted by Crippen LogP contribution is -2.19. The number of hydrogen-bond donors (Lipinski definition) is 0. The van der Waals surface area contributed by atoms with Gasteiger partial charge in [0, 0.05) is 16.7 Å². The van der Waals surface area contributed by atoms with Gasteiger partial charge < -0.3 is 13.9 Å². The van der Waals surface area contributed by atoms with Crippen LogP contribution in [0.5, 0.6) is 11.5 Å². The number of ketones is 2. The van der Waals surface area contributed by atoms with E-state index in [1.807, 2.05) is 0 Å². The van der Waals surface area contributed by atoms with Gasteiger partial charge in [0.05, 0.1) is 14.2 Å². The van der Waals surface area contributed by atoms with Crippen LogP contribution in [-0.2, 0) is 0 Å². The molecule has 6 nitrogen and oxygen atoms in total. The smallest absolute Gasteiger partial charge is 0.347 e. The highest BCUT2D eigenvalue weighted by molar-refractivity contribution is 6.15. The molecule has 28 heavy (non-hydrogen) atoms. The van der Waals surface area contributed by atoms with E-state index in [1.54, 1.807) is 55.6 Å². The van der Waals surface area contributed by atoms with E-state index < -0.39 is 17.2 Å². The van der Waals surface area contributed by atoms with Crippen molar-refractivity contribution in [3.05, 3.63) is 81.7 Å². The summed E-state index contributed by atoms with van der Waals surface area (Å²) in [4.78, 5) is 37.5. The molecule has 0 saturated carbocycles. The molecule has 0 aliphatic rings. The fourth-order valence-corrected chi connectivity index (χ4v) is 2.80. The maximum atomic E-state index is 13.0. The molecule has 1 aromatic heterocycles. The number of carbonyl (C=O) groups is 2. The predicted octanol–water partition coefficient (Wildman–Crippen LogP) is 3.76. The number of ether oxygens (including phenoxy) is 2. The molecule has 0 N–H and O–H groups in total. The molecule has 142 valence electrons. The quantitative estimate of drug-likeness (QED) is 0.608. The molecule has 0 unspecified atom stereocenters. The van der Waals surface area contributed by atoms with Crippen LogP contribution in [0, 0.1) is 0 Å². The van der Waals surface area contributed by atoms with E-state index in [9.17, 15) is 14.4 Å². The highest BCUT2D eigenvalue weighted by Gasteiger charge is 2.23. The standard InChI is InChI=1S/C22H18O6/c1-13(23)20-18(21(24)15-6-10-17(27-3)11-7-15)12-19(28-22(20)25)14-4-8-16(26-2)9-5-14/h4-12H,1-3H3. The summed E-state index contributed by atoms with van der Waals surface area (Å²) >= 11 is 0. The van der Waals surface area contributed by atoms with Crippen molar-refractivity contribution in [1.82, 2.24) is 0 Å². The summed E-state index contributed by atoms with van der Waals surface area (Å²) in [6, 6.07) is 14.7. The number of methoxy groups -OCH3 is 2. The fraction of sp³-hybridized carbons (Fsp3) is 0.136. The van der Waals surface area contributed by atoms with Gasteiger partial charge in [0.2, 0.25) is 0 Å². The summed E-state index contributed by atoms with van der Waals surface area (Å²) in [5, 5.41) is 0. The first kappa shape index (κ1) is 19.1. The second kappa shape index (κ2) is 7.92. The minimum absolute atomic E-state index is 0.000245. The van der Waals surface area contributed by atoms with Crippen LogP contribution in [0.2, 0.25) is 0 Å². The molecular formula is C22H18O6. The van der Waals surface area contributed by atoms with Crippen molar-refractivity contribution in [1.29, 1.82) is 0 Å². The third kappa shape index (κ3) is 3.71. The van der Waals surface area contributed by atoms with Crippen LogP contribution in [0.15, 0.2) is 63.8 Å². The highest BCUT2D eigenvalue weighted by atomic mass is 16.5. The number of hydrogen-bond acceptors (Lipinski definition) is 6. The summed E-state index contributed by atoms with van der Waals surface area (Å²) < 4.78 is 15.5. The molecule has 0 amide bonds. The minimum atomic E-state index is -0.849. The largest absolute Gasteiger partial charge is 0.497 e. The topological polar surface area (TPSA) is 82.8 Å². The number of benzene rings is 2. The normalized spacial score (nSPS) is 10.4. The van der Waals surface area contributed by atoms with Crippen LogP contribution in [0.3, 0.4) is 0 Å². The molecular weight excluding hydrogens is 360 g/mol.